The molecule has 2 aromatic rings. The average molecular weight is 380 g/mol. The molecule has 0 radical (unpaired) electrons. The van der Waals surface area contributed by atoms with Crippen LogP contribution in [0.2, 0.25) is 5.02 Å². The molecule has 25 heavy (non-hydrogen) atoms. The number of hydrogen-bond acceptors (Lipinski definition) is 4. The highest BCUT2D eigenvalue weighted by atomic mass is 35.5. The molecule has 0 unspecified atom stereocenters. The number of rotatable bonds is 3. The second-order valence-electron chi connectivity index (χ2n) is 6.19. The molecule has 0 bridgehead atoms. The predicted molar refractivity (Wildman–Crippen MR) is 98.2 cm³/mol. The van der Waals surface area contributed by atoms with Crippen LogP contribution in [0.3, 0.4) is 0 Å². The average Bonchev–Trinajstić information content (AvgIpc) is 2.95. The number of halogens is 1. The summed E-state index contributed by atoms with van der Waals surface area (Å²) in [5.41, 5.74) is 3.50. The van der Waals surface area contributed by atoms with Crippen molar-refractivity contribution in [3.8, 4) is 5.75 Å². The van der Waals surface area contributed by atoms with Crippen molar-refractivity contribution in [1.82, 2.24) is 0 Å². The van der Waals surface area contributed by atoms with Gasteiger partial charge >= 0.3 is 5.97 Å². The molecular formula is C18H18ClNO4S. The first-order valence-electron chi connectivity index (χ1n) is 7.76. The maximum atomic E-state index is 12.4. The van der Waals surface area contributed by atoms with Gasteiger partial charge in [-0.3, -0.25) is 4.31 Å². The summed E-state index contributed by atoms with van der Waals surface area (Å²) in [6.07, 6.45) is 1.75. The highest BCUT2D eigenvalue weighted by Gasteiger charge is 2.27. The molecule has 1 aliphatic rings. The number of aryl methyl sites for hydroxylation is 2. The fraction of sp³-hybridized carbons (Fsp3) is 0.278. The minimum absolute atomic E-state index is 0.388. The quantitative estimate of drug-likeness (QED) is 0.604. The molecule has 0 amide bonds. The van der Waals surface area contributed by atoms with Crippen molar-refractivity contribution in [2.75, 3.05) is 17.1 Å². The second kappa shape index (κ2) is 6.35. The minimum Gasteiger partial charge on any atom is -0.423 e. The zero-order valence-corrected chi connectivity index (χ0v) is 15.7. The fourth-order valence-corrected chi connectivity index (χ4v) is 4.04. The summed E-state index contributed by atoms with van der Waals surface area (Å²) in [6, 6.07) is 8.36. The lowest BCUT2D eigenvalue weighted by atomic mass is 10.1. The van der Waals surface area contributed by atoms with Gasteiger partial charge in [0.25, 0.3) is 0 Å². The zero-order chi connectivity index (χ0) is 18.4. The van der Waals surface area contributed by atoms with E-state index in [2.05, 4.69) is 0 Å². The molecule has 0 aromatic heterocycles. The van der Waals surface area contributed by atoms with Gasteiger partial charge in [-0.1, -0.05) is 11.6 Å². The van der Waals surface area contributed by atoms with Crippen LogP contribution in [-0.4, -0.2) is 27.2 Å². The summed E-state index contributed by atoms with van der Waals surface area (Å²) in [4.78, 5) is 12.4. The molecule has 1 heterocycles. The molecular weight excluding hydrogens is 362 g/mol. The molecule has 0 spiro atoms. The van der Waals surface area contributed by atoms with Crippen LogP contribution in [-0.2, 0) is 16.4 Å². The Morgan fingerprint density at radius 3 is 2.40 bits per heavy atom. The molecule has 0 saturated heterocycles. The number of esters is 1. The molecule has 2 aromatic carbocycles. The number of benzene rings is 2. The van der Waals surface area contributed by atoms with E-state index in [4.69, 9.17) is 16.3 Å². The van der Waals surface area contributed by atoms with Gasteiger partial charge in [-0.25, -0.2) is 13.2 Å². The van der Waals surface area contributed by atoms with E-state index in [-0.39, 0.29) is 0 Å². The topological polar surface area (TPSA) is 63.7 Å². The molecule has 3 rings (SSSR count). The minimum atomic E-state index is -3.31. The van der Waals surface area contributed by atoms with Crippen LogP contribution in [0.15, 0.2) is 30.3 Å². The Morgan fingerprint density at radius 1 is 1.16 bits per heavy atom. The predicted octanol–water partition coefficient (Wildman–Crippen LogP) is 3.50. The van der Waals surface area contributed by atoms with Crippen molar-refractivity contribution in [2.24, 2.45) is 0 Å². The van der Waals surface area contributed by atoms with E-state index in [9.17, 15) is 13.2 Å². The van der Waals surface area contributed by atoms with Crippen LogP contribution in [0.25, 0.3) is 0 Å². The molecule has 7 heteroatoms. The lowest BCUT2D eigenvalue weighted by Gasteiger charge is -2.16. The first kappa shape index (κ1) is 17.8. The van der Waals surface area contributed by atoms with Crippen molar-refractivity contribution in [3.63, 3.8) is 0 Å². The van der Waals surface area contributed by atoms with Crippen LogP contribution in [0.5, 0.6) is 5.75 Å². The van der Waals surface area contributed by atoms with E-state index < -0.39 is 16.0 Å². The van der Waals surface area contributed by atoms with Crippen LogP contribution >= 0.6 is 11.6 Å². The number of fused-ring (bicyclic) bond motifs is 1. The van der Waals surface area contributed by atoms with Crippen LogP contribution in [0.4, 0.5) is 5.69 Å². The first-order chi connectivity index (χ1) is 11.7. The normalized spacial score (nSPS) is 13.7. The maximum Gasteiger partial charge on any atom is 0.343 e. The van der Waals surface area contributed by atoms with Crippen LogP contribution < -0.4 is 9.04 Å². The monoisotopic (exact) mass is 379 g/mol. The molecule has 1 aliphatic heterocycles. The largest absolute Gasteiger partial charge is 0.423 e. The number of hydrogen-bond donors (Lipinski definition) is 0. The Labute approximate surface area is 152 Å². The molecule has 0 atom stereocenters. The van der Waals surface area contributed by atoms with Gasteiger partial charge < -0.3 is 4.74 Å². The smallest absolute Gasteiger partial charge is 0.343 e. The molecule has 5 nitrogen and oxygen atoms in total. The van der Waals surface area contributed by atoms with Crippen molar-refractivity contribution >= 4 is 33.3 Å². The Bertz CT molecular complexity index is 946. The first-order valence-corrected chi connectivity index (χ1v) is 9.99. The summed E-state index contributed by atoms with van der Waals surface area (Å²) >= 11 is 6.12. The summed E-state index contributed by atoms with van der Waals surface area (Å²) < 4.78 is 30.3. The summed E-state index contributed by atoms with van der Waals surface area (Å²) in [5, 5.41) is 0.651. The van der Waals surface area contributed by atoms with Gasteiger partial charge in [0.05, 0.1) is 17.5 Å². The number of sulfonamides is 1. The zero-order valence-electron chi connectivity index (χ0n) is 14.2. The van der Waals surface area contributed by atoms with Crippen LogP contribution in [0.1, 0.15) is 27.0 Å². The third-order valence-corrected chi connectivity index (χ3v) is 5.97. The second-order valence-corrected chi connectivity index (χ2v) is 8.47. The number of nitrogens with zero attached hydrogens (tertiary/aromatic N) is 1. The van der Waals surface area contributed by atoms with Crippen molar-refractivity contribution in [2.45, 2.75) is 20.3 Å². The molecule has 0 fully saturated rings. The highest BCUT2D eigenvalue weighted by Crippen LogP contribution is 2.31. The Hall–Kier alpha value is -2.05. The van der Waals surface area contributed by atoms with E-state index in [1.807, 2.05) is 13.8 Å². The van der Waals surface area contributed by atoms with Crippen molar-refractivity contribution in [3.05, 3.63) is 57.6 Å². The SMILES string of the molecule is Cc1cc(OC(=O)c2ccc3c(c2)CCN3S(C)(=O)=O)cc(C)c1Cl. The van der Waals surface area contributed by atoms with E-state index in [1.165, 1.54) is 10.6 Å². The third kappa shape index (κ3) is 3.50. The Balaban J connectivity index is 1.85. The standard InChI is InChI=1S/C18H18ClNO4S/c1-11-8-15(9-12(2)17(11)19)24-18(21)14-4-5-16-13(10-14)6-7-20(16)25(3,22)23/h4-5,8-10H,6-7H2,1-3H3. The lowest BCUT2D eigenvalue weighted by Crippen LogP contribution is -2.27. The van der Waals surface area contributed by atoms with Gasteiger partial charge in [0.2, 0.25) is 10.0 Å². The van der Waals surface area contributed by atoms with Gasteiger partial charge in [0.1, 0.15) is 5.75 Å². The molecule has 132 valence electrons. The highest BCUT2D eigenvalue weighted by molar-refractivity contribution is 7.92. The van der Waals surface area contributed by atoms with Crippen molar-refractivity contribution < 1.29 is 17.9 Å². The fourth-order valence-electron chi connectivity index (χ4n) is 2.97. The van der Waals surface area contributed by atoms with Gasteiger partial charge in [-0.15, -0.1) is 0 Å². The van der Waals surface area contributed by atoms with Crippen LogP contribution in [0, 0.1) is 13.8 Å². The number of carbonyl (C=O) groups excluding carboxylic acids is 1. The summed E-state index contributed by atoms with van der Waals surface area (Å²) in [7, 11) is -3.31. The summed E-state index contributed by atoms with van der Waals surface area (Å²) in [5.74, 6) is -0.0515. The van der Waals surface area contributed by atoms with Gasteiger partial charge in [-0.2, -0.15) is 0 Å². The van der Waals surface area contributed by atoms with E-state index >= 15 is 0 Å². The number of ether oxygens (including phenoxy) is 1. The van der Waals surface area contributed by atoms with Gasteiger partial charge in [0.15, 0.2) is 0 Å². The van der Waals surface area contributed by atoms with Crippen molar-refractivity contribution in [1.29, 1.82) is 0 Å². The Kier molecular flexibility index (Phi) is 4.51. The van der Waals surface area contributed by atoms with E-state index in [0.717, 1.165) is 16.7 Å². The van der Waals surface area contributed by atoms with Gasteiger partial charge in [0, 0.05) is 11.6 Å². The molecule has 0 aliphatic carbocycles. The summed E-state index contributed by atoms with van der Waals surface area (Å²) in [6.45, 7) is 4.09. The lowest BCUT2D eigenvalue weighted by molar-refractivity contribution is 0.0734. The third-order valence-electron chi connectivity index (χ3n) is 4.19. The Morgan fingerprint density at radius 2 is 1.80 bits per heavy atom. The molecule has 0 saturated carbocycles. The van der Waals surface area contributed by atoms with E-state index in [1.54, 1.807) is 30.3 Å². The van der Waals surface area contributed by atoms with Gasteiger partial charge in [-0.05, 0) is 67.3 Å². The maximum absolute atomic E-state index is 12.4. The number of carbonyl (C=O) groups is 1. The molecule has 0 N–H and O–H groups in total. The van der Waals surface area contributed by atoms with E-state index in [0.29, 0.717) is 35.0 Å². The number of anilines is 1.